The summed E-state index contributed by atoms with van der Waals surface area (Å²) in [6, 6.07) is 10.8. The van der Waals surface area contributed by atoms with Gasteiger partial charge in [0.1, 0.15) is 29.2 Å². The number of allylic oxidation sites excluding steroid dienone is 1. The van der Waals surface area contributed by atoms with Crippen molar-refractivity contribution in [3.05, 3.63) is 70.4 Å². The molecule has 10 heteroatoms. The fourth-order valence-electron chi connectivity index (χ4n) is 5.64. The summed E-state index contributed by atoms with van der Waals surface area (Å²) in [6.07, 6.45) is 3.76. The first-order valence-corrected chi connectivity index (χ1v) is 13.0. The Labute approximate surface area is 219 Å². The number of halogens is 1. The van der Waals surface area contributed by atoms with Crippen LogP contribution in [0.15, 0.2) is 41.0 Å². The molecule has 0 spiro atoms. The number of hydrogen-bond acceptors (Lipinski definition) is 8. The molecule has 198 valence electrons. The molecule has 3 atom stereocenters. The van der Waals surface area contributed by atoms with Crippen molar-refractivity contribution in [1.82, 2.24) is 30.7 Å². The van der Waals surface area contributed by atoms with E-state index in [0.29, 0.717) is 24.4 Å². The highest BCUT2D eigenvalue weighted by Crippen LogP contribution is 2.36. The largest absolute Gasteiger partial charge is 0.496 e. The Hall–Kier alpha value is -3.60. The molecule has 2 aromatic carbocycles. The number of aromatic amines is 1. The number of aliphatic hydroxyl groups excluding tert-OH is 1. The maximum Gasteiger partial charge on any atom is 0.131 e. The number of nitrogens with zero attached hydrogens (tertiary/aromatic N) is 4. The Morgan fingerprint density at radius 3 is 3.05 bits per heavy atom. The number of benzene rings is 2. The molecule has 38 heavy (non-hydrogen) atoms. The van der Waals surface area contributed by atoms with E-state index < -0.39 is 6.23 Å². The second kappa shape index (κ2) is 10.3. The van der Waals surface area contributed by atoms with Crippen LogP contribution in [0, 0.1) is 11.7 Å². The van der Waals surface area contributed by atoms with E-state index in [9.17, 15) is 9.50 Å². The second-order valence-electron chi connectivity index (χ2n) is 10.2. The van der Waals surface area contributed by atoms with Gasteiger partial charge in [-0.3, -0.25) is 15.3 Å². The number of piperidine rings is 1. The van der Waals surface area contributed by atoms with Crippen molar-refractivity contribution in [2.75, 3.05) is 20.2 Å². The summed E-state index contributed by atoms with van der Waals surface area (Å²) in [5.74, 6) is 0.499. The predicted octanol–water partition coefficient (Wildman–Crippen LogP) is 4.07. The average Bonchev–Trinajstić information content (AvgIpc) is 3.55. The summed E-state index contributed by atoms with van der Waals surface area (Å²) in [5.41, 5.74) is 5.73. The monoisotopic (exact) mass is 518 g/mol. The number of fused-ring (bicyclic) bond motifs is 2. The van der Waals surface area contributed by atoms with Crippen molar-refractivity contribution < 1.29 is 18.9 Å². The van der Waals surface area contributed by atoms with Crippen molar-refractivity contribution in [3.63, 3.8) is 0 Å². The van der Waals surface area contributed by atoms with Crippen LogP contribution in [-0.4, -0.2) is 56.8 Å². The molecule has 2 aliphatic rings. The standard InChI is InChI=1S/C28H31FN6O3/c1-16-11-24-25(34-38-33-24)13-19(16)27-20-12-17(8-9-23(20)31-32-27)28(36)30-18-5-4-10-35(14-18)15-21-22(29)6-3-7-26(21)37-2/h3,6-9,12-13,16,18,28,30,36H,4-5,10-11,14-15H2,1-2H3,(H,31,32). The Bertz CT molecular complexity index is 1480. The normalized spacial score (nSPS) is 20.8. The van der Waals surface area contributed by atoms with Crippen molar-refractivity contribution >= 4 is 22.6 Å². The van der Waals surface area contributed by atoms with Gasteiger partial charge in [-0.2, -0.15) is 5.10 Å². The molecule has 1 fully saturated rings. The van der Waals surface area contributed by atoms with Crippen LogP contribution in [0.2, 0.25) is 0 Å². The van der Waals surface area contributed by atoms with Gasteiger partial charge in [-0.05, 0) is 66.8 Å². The van der Waals surface area contributed by atoms with Gasteiger partial charge in [-0.15, -0.1) is 0 Å². The number of nitrogens with one attached hydrogen (secondary N) is 2. The number of hydrogen-bond donors (Lipinski definition) is 3. The lowest BCUT2D eigenvalue weighted by Gasteiger charge is -2.34. The summed E-state index contributed by atoms with van der Waals surface area (Å²) >= 11 is 0. The van der Waals surface area contributed by atoms with Crippen molar-refractivity contribution in [2.24, 2.45) is 5.92 Å². The fourth-order valence-corrected chi connectivity index (χ4v) is 5.64. The SMILES string of the molecule is COc1cccc(F)c1CN1CCCC(NC(O)c2ccc3[nH]nc(C4=Cc5nonc5CC4C)c3c2)C1. The van der Waals surface area contributed by atoms with Gasteiger partial charge in [0.2, 0.25) is 0 Å². The van der Waals surface area contributed by atoms with Crippen molar-refractivity contribution in [2.45, 2.75) is 45.0 Å². The third kappa shape index (κ3) is 4.70. The Morgan fingerprint density at radius 1 is 1.29 bits per heavy atom. The molecule has 0 amide bonds. The molecule has 0 radical (unpaired) electrons. The quantitative estimate of drug-likeness (QED) is 0.314. The zero-order chi connectivity index (χ0) is 26.2. The van der Waals surface area contributed by atoms with Crippen LogP contribution in [-0.2, 0) is 13.0 Å². The van der Waals surface area contributed by atoms with Gasteiger partial charge in [0.15, 0.2) is 0 Å². The number of H-pyrrole nitrogens is 1. The summed E-state index contributed by atoms with van der Waals surface area (Å²) in [4.78, 5) is 2.20. The molecule has 0 bridgehead atoms. The highest BCUT2D eigenvalue weighted by atomic mass is 19.1. The van der Waals surface area contributed by atoms with Crippen LogP contribution in [0.4, 0.5) is 4.39 Å². The van der Waals surface area contributed by atoms with Gasteiger partial charge < -0.3 is 9.84 Å². The third-order valence-corrected chi connectivity index (χ3v) is 7.66. The highest BCUT2D eigenvalue weighted by molar-refractivity contribution is 5.96. The molecule has 6 rings (SSSR count). The number of likely N-dealkylation sites (tertiary alicyclic amines) is 1. The Balaban J connectivity index is 1.18. The molecule has 1 aliphatic carbocycles. The van der Waals surface area contributed by atoms with Crippen LogP contribution < -0.4 is 10.1 Å². The van der Waals surface area contributed by atoms with E-state index in [4.69, 9.17) is 9.37 Å². The number of aromatic nitrogens is 4. The van der Waals surface area contributed by atoms with E-state index in [-0.39, 0.29) is 17.8 Å². The Kier molecular flexibility index (Phi) is 6.69. The molecule has 3 N–H and O–H groups in total. The number of methoxy groups -OCH3 is 1. The summed E-state index contributed by atoms with van der Waals surface area (Å²) < 4.78 is 24.8. The zero-order valence-corrected chi connectivity index (χ0v) is 21.4. The van der Waals surface area contributed by atoms with E-state index >= 15 is 0 Å². The molecule has 2 aromatic heterocycles. The predicted molar refractivity (Wildman–Crippen MR) is 140 cm³/mol. The first kappa shape index (κ1) is 24.7. The van der Waals surface area contributed by atoms with Gasteiger partial charge in [-0.1, -0.05) is 29.4 Å². The zero-order valence-electron chi connectivity index (χ0n) is 21.4. The Morgan fingerprint density at radius 2 is 2.18 bits per heavy atom. The minimum atomic E-state index is -0.848. The first-order chi connectivity index (χ1) is 18.5. The van der Waals surface area contributed by atoms with E-state index in [0.717, 1.165) is 64.9 Å². The number of ether oxygens (including phenoxy) is 1. The van der Waals surface area contributed by atoms with Crippen LogP contribution >= 0.6 is 0 Å². The van der Waals surface area contributed by atoms with Crippen molar-refractivity contribution in [1.29, 1.82) is 0 Å². The first-order valence-electron chi connectivity index (χ1n) is 13.0. The van der Waals surface area contributed by atoms with Crippen LogP contribution in [0.3, 0.4) is 0 Å². The third-order valence-electron chi connectivity index (χ3n) is 7.66. The lowest BCUT2D eigenvalue weighted by molar-refractivity contribution is 0.0912. The molecular weight excluding hydrogens is 487 g/mol. The van der Waals surface area contributed by atoms with Gasteiger partial charge in [0.05, 0.1) is 18.3 Å². The lowest BCUT2D eigenvalue weighted by atomic mass is 9.86. The minimum Gasteiger partial charge on any atom is -0.496 e. The molecule has 3 heterocycles. The van der Waals surface area contributed by atoms with Gasteiger partial charge >= 0.3 is 0 Å². The molecular formula is C28H31FN6O3. The lowest BCUT2D eigenvalue weighted by Crippen LogP contribution is -2.46. The van der Waals surface area contributed by atoms with E-state index in [1.165, 1.54) is 6.07 Å². The second-order valence-corrected chi connectivity index (χ2v) is 10.2. The van der Waals surface area contributed by atoms with Crippen LogP contribution in [0.5, 0.6) is 5.75 Å². The maximum atomic E-state index is 14.5. The van der Waals surface area contributed by atoms with Gasteiger partial charge in [0.25, 0.3) is 0 Å². The molecule has 9 nitrogen and oxygen atoms in total. The summed E-state index contributed by atoms with van der Waals surface area (Å²) in [7, 11) is 1.56. The van der Waals surface area contributed by atoms with E-state index in [1.807, 2.05) is 24.3 Å². The van der Waals surface area contributed by atoms with Crippen LogP contribution in [0.1, 0.15) is 54.2 Å². The van der Waals surface area contributed by atoms with E-state index in [2.05, 4.69) is 37.7 Å². The molecule has 0 saturated carbocycles. The number of aliphatic hydroxyl groups is 1. The van der Waals surface area contributed by atoms with Crippen molar-refractivity contribution in [3.8, 4) is 5.75 Å². The van der Waals surface area contributed by atoms with Gasteiger partial charge in [0, 0.05) is 36.5 Å². The summed E-state index contributed by atoms with van der Waals surface area (Å²) in [6.45, 7) is 4.17. The van der Waals surface area contributed by atoms with Crippen LogP contribution in [0.25, 0.3) is 22.6 Å². The maximum absolute atomic E-state index is 14.5. The fraction of sp³-hybridized carbons (Fsp3) is 0.393. The van der Waals surface area contributed by atoms with E-state index in [1.54, 1.807) is 19.2 Å². The minimum absolute atomic E-state index is 0.0650. The summed E-state index contributed by atoms with van der Waals surface area (Å²) in [5, 5.41) is 31.2. The molecule has 4 aromatic rings. The smallest absolute Gasteiger partial charge is 0.131 e. The molecule has 1 aliphatic heterocycles. The molecule has 1 saturated heterocycles. The molecule has 3 unspecified atom stereocenters. The van der Waals surface area contributed by atoms with Gasteiger partial charge in [-0.25, -0.2) is 9.02 Å². The topological polar surface area (TPSA) is 112 Å². The average molecular weight is 519 g/mol. The number of rotatable bonds is 7. The highest BCUT2D eigenvalue weighted by Gasteiger charge is 2.27.